The Bertz CT molecular complexity index is 1630. The fraction of sp³-hybridized carbons (Fsp3) is 0.323. The number of nitrogens with zero attached hydrogens (tertiary/aromatic N) is 2. The molecule has 0 spiro atoms. The first-order valence-electron chi connectivity index (χ1n) is 13.7. The zero-order chi connectivity index (χ0) is 30.2. The van der Waals surface area contributed by atoms with Gasteiger partial charge in [-0.3, -0.25) is 19.3 Å². The predicted octanol–water partition coefficient (Wildman–Crippen LogP) is 3.97. The Hall–Kier alpha value is -4.09. The molecule has 9 nitrogen and oxygen atoms in total. The number of amides is 3. The third-order valence-electron chi connectivity index (χ3n) is 7.56. The van der Waals surface area contributed by atoms with E-state index in [1.807, 2.05) is 19.1 Å². The highest BCUT2D eigenvalue weighted by atomic mass is 32.2. The van der Waals surface area contributed by atoms with E-state index in [0.29, 0.717) is 33.3 Å². The smallest absolute Gasteiger partial charge is 0.269 e. The van der Waals surface area contributed by atoms with Crippen LogP contribution in [-0.4, -0.2) is 56.2 Å². The molecule has 1 saturated heterocycles. The number of sulfonamides is 1. The first-order chi connectivity index (χ1) is 20.0. The Morgan fingerprint density at radius 2 is 1.74 bits per heavy atom. The van der Waals surface area contributed by atoms with Crippen molar-refractivity contribution < 1.29 is 31.9 Å². The van der Waals surface area contributed by atoms with Crippen LogP contribution < -0.4 is 10.2 Å². The standard InChI is InChI=1S/C31H32FN3O6S/c1-19-15-20(2)28(21(3)16-19)35(27(36)18-34-31(38)25-8-4-5-9-26(25)42(34,39)40)29(22-10-12-23(32)13-11-22)30(37)33-17-24-7-6-14-41-24/h4-5,8-13,15-16,24,29H,6-7,14,17-18H2,1-3H3,(H,33,37)/t24-,29+/m0/s1. The second kappa shape index (κ2) is 11.7. The molecule has 0 radical (unpaired) electrons. The summed E-state index contributed by atoms with van der Waals surface area (Å²) >= 11 is 0. The van der Waals surface area contributed by atoms with Gasteiger partial charge >= 0.3 is 0 Å². The lowest BCUT2D eigenvalue weighted by atomic mass is 9.98. The normalized spacial score (nSPS) is 18.0. The molecule has 0 aromatic heterocycles. The van der Waals surface area contributed by atoms with Gasteiger partial charge in [-0.1, -0.05) is 42.0 Å². The number of carbonyl (C=O) groups is 3. The third-order valence-corrected chi connectivity index (χ3v) is 9.34. The summed E-state index contributed by atoms with van der Waals surface area (Å²) in [5.41, 5.74) is 2.94. The van der Waals surface area contributed by atoms with E-state index in [4.69, 9.17) is 4.74 Å². The molecule has 2 aliphatic heterocycles. The topological polar surface area (TPSA) is 113 Å². The molecular formula is C31H32FN3O6S. The number of rotatable bonds is 8. The summed E-state index contributed by atoms with van der Waals surface area (Å²) in [4.78, 5) is 42.5. The van der Waals surface area contributed by atoms with Gasteiger partial charge < -0.3 is 10.1 Å². The van der Waals surface area contributed by atoms with Crippen LogP contribution in [0.5, 0.6) is 0 Å². The summed E-state index contributed by atoms with van der Waals surface area (Å²) in [5.74, 6) is -2.69. The van der Waals surface area contributed by atoms with E-state index >= 15 is 0 Å². The largest absolute Gasteiger partial charge is 0.376 e. The van der Waals surface area contributed by atoms with Crippen LogP contribution in [0.15, 0.2) is 65.6 Å². The first kappa shape index (κ1) is 29.4. The van der Waals surface area contributed by atoms with Crippen molar-refractivity contribution in [1.82, 2.24) is 9.62 Å². The Balaban J connectivity index is 1.60. The van der Waals surface area contributed by atoms with Gasteiger partial charge in [0.25, 0.3) is 15.9 Å². The van der Waals surface area contributed by atoms with Gasteiger partial charge in [-0.25, -0.2) is 17.1 Å². The maximum absolute atomic E-state index is 14.3. The number of ether oxygens (including phenoxy) is 1. The maximum atomic E-state index is 14.3. The van der Waals surface area contributed by atoms with Crippen LogP contribution in [0.2, 0.25) is 0 Å². The van der Waals surface area contributed by atoms with Crippen molar-refractivity contribution in [3.8, 4) is 0 Å². The second-order valence-corrected chi connectivity index (χ2v) is 12.5. The molecule has 0 saturated carbocycles. The molecular weight excluding hydrogens is 561 g/mol. The molecule has 2 aliphatic rings. The second-order valence-electron chi connectivity index (χ2n) is 10.7. The summed E-state index contributed by atoms with van der Waals surface area (Å²) in [6.45, 7) is 5.44. The lowest BCUT2D eigenvalue weighted by Crippen LogP contribution is -2.49. The van der Waals surface area contributed by atoms with Crippen molar-refractivity contribution in [2.75, 3.05) is 24.6 Å². The van der Waals surface area contributed by atoms with Crippen molar-refractivity contribution >= 4 is 33.4 Å². The minimum Gasteiger partial charge on any atom is -0.376 e. The van der Waals surface area contributed by atoms with Gasteiger partial charge in [0.1, 0.15) is 23.3 Å². The van der Waals surface area contributed by atoms with Crippen molar-refractivity contribution in [3.63, 3.8) is 0 Å². The Kier molecular flexibility index (Phi) is 8.16. The molecule has 11 heteroatoms. The summed E-state index contributed by atoms with van der Waals surface area (Å²) in [7, 11) is -4.30. The van der Waals surface area contributed by atoms with Crippen LogP contribution in [0.4, 0.5) is 10.1 Å². The van der Waals surface area contributed by atoms with Gasteiger partial charge in [-0.15, -0.1) is 0 Å². The van der Waals surface area contributed by atoms with Crippen molar-refractivity contribution in [3.05, 3.63) is 94.3 Å². The highest BCUT2D eigenvalue weighted by Gasteiger charge is 2.44. The van der Waals surface area contributed by atoms with Gasteiger partial charge in [0.05, 0.1) is 17.4 Å². The van der Waals surface area contributed by atoms with Crippen molar-refractivity contribution in [2.45, 2.75) is 50.7 Å². The molecule has 1 N–H and O–H groups in total. The number of carbonyl (C=O) groups excluding carboxylic acids is 3. The van der Waals surface area contributed by atoms with Gasteiger partial charge in [-0.05, 0) is 74.6 Å². The van der Waals surface area contributed by atoms with E-state index in [9.17, 15) is 27.2 Å². The third kappa shape index (κ3) is 5.54. The van der Waals surface area contributed by atoms with E-state index in [1.54, 1.807) is 19.9 Å². The first-order valence-corrected chi connectivity index (χ1v) is 15.1. The maximum Gasteiger partial charge on any atom is 0.269 e. The van der Waals surface area contributed by atoms with Crippen LogP contribution in [0, 0.1) is 26.6 Å². The van der Waals surface area contributed by atoms with E-state index in [-0.39, 0.29) is 23.1 Å². The van der Waals surface area contributed by atoms with Crippen LogP contribution in [-0.2, 0) is 24.3 Å². The van der Waals surface area contributed by atoms with Gasteiger partial charge in [0.15, 0.2) is 0 Å². The highest BCUT2D eigenvalue weighted by molar-refractivity contribution is 7.90. The average Bonchev–Trinajstić information content (AvgIpc) is 3.53. The molecule has 0 unspecified atom stereocenters. The predicted molar refractivity (Wildman–Crippen MR) is 154 cm³/mol. The zero-order valence-corrected chi connectivity index (χ0v) is 24.4. The van der Waals surface area contributed by atoms with E-state index in [2.05, 4.69) is 5.32 Å². The molecule has 220 valence electrons. The number of fused-ring (bicyclic) bond motifs is 1. The molecule has 2 heterocycles. The fourth-order valence-electron chi connectivity index (χ4n) is 5.72. The number of halogens is 1. The molecule has 42 heavy (non-hydrogen) atoms. The highest BCUT2D eigenvalue weighted by Crippen LogP contribution is 2.36. The van der Waals surface area contributed by atoms with Crippen molar-refractivity contribution in [2.24, 2.45) is 0 Å². The summed E-state index contributed by atoms with van der Waals surface area (Å²) in [6.07, 6.45) is 1.46. The number of hydrogen-bond acceptors (Lipinski definition) is 6. The van der Waals surface area contributed by atoms with E-state index < -0.39 is 46.1 Å². The van der Waals surface area contributed by atoms with Crippen LogP contribution in [0.25, 0.3) is 0 Å². The quantitative estimate of drug-likeness (QED) is 0.423. The molecule has 3 aromatic rings. The molecule has 3 amide bonds. The van der Waals surface area contributed by atoms with Gasteiger partial charge in [0.2, 0.25) is 11.8 Å². The Morgan fingerprint density at radius 1 is 1.07 bits per heavy atom. The molecule has 3 aromatic carbocycles. The number of aryl methyl sites for hydroxylation is 3. The molecule has 0 bridgehead atoms. The number of nitrogens with one attached hydrogen (secondary N) is 1. The van der Waals surface area contributed by atoms with Gasteiger partial charge in [-0.2, -0.15) is 0 Å². The minimum atomic E-state index is -4.30. The molecule has 1 fully saturated rings. The number of hydrogen-bond donors (Lipinski definition) is 1. The van der Waals surface area contributed by atoms with E-state index in [0.717, 1.165) is 18.4 Å². The van der Waals surface area contributed by atoms with Gasteiger partial charge in [0, 0.05) is 13.2 Å². The average molecular weight is 594 g/mol. The Labute approximate surface area is 244 Å². The van der Waals surface area contributed by atoms with Crippen LogP contribution >= 0.6 is 0 Å². The monoisotopic (exact) mass is 593 g/mol. The van der Waals surface area contributed by atoms with Crippen LogP contribution in [0.3, 0.4) is 0 Å². The Morgan fingerprint density at radius 3 is 2.36 bits per heavy atom. The summed E-state index contributed by atoms with van der Waals surface area (Å²) in [6, 6.07) is 13.4. The molecule has 5 rings (SSSR count). The van der Waals surface area contributed by atoms with Crippen molar-refractivity contribution in [1.29, 1.82) is 0 Å². The minimum absolute atomic E-state index is 0.0241. The SMILES string of the molecule is Cc1cc(C)c(N(C(=O)CN2C(=O)c3ccccc3S2(=O)=O)[C@@H](C(=O)NC[C@@H]2CCCO2)c2ccc(F)cc2)c(C)c1. The summed E-state index contributed by atoms with van der Waals surface area (Å²) < 4.78 is 46.8. The van der Waals surface area contributed by atoms with Crippen LogP contribution in [0.1, 0.15) is 51.5 Å². The number of anilines is 1. The molecule has 0 aliphatic carbocycles. The summed E-state index contributed by atoms with van der Waals surface area (Å²) in [5, 5.41) is 2.88. The molecule has 2 atom stereocenters. The van der Waals surface area contributed by atoms with E-state index in [1.165, 1.54) is 47.4 Å². The number of benzene rings is 3. The fourth-order valence-corrected chi connectivity index (χ4v) is 7.23. The lowest BCUT2D eigenvalue weighted by Gasteiger charge is -2.35. The zero-order valence-electron chi connectivity index (χ0n) is 23.6. The lowest BCUT2D eigenvalue weighted by molar-refractivity contribution is -0.127.